The van der Waals surface area contributed by atoms with Crippen LogP contribution in [0.3, 0.4) is 0 Å². The lowest BCUT2D eigenvalue weighted by atomic mass is 9.48. The smallest absolute Gasteiger partial charge is 0.253 e. The van der Waals surface area contributed by atoms with E-state index in [-0.39, 0.29) is 11.3 Å². The Labute approximate surface area is 172 Å². The monoisotopic (exact) mass is 394 g/mol. The van der Waals surface area contributed by atoms with Crippen molar-refractivity contribution in [3.05, 3.63) is 42.2 Å². The van der Waals surface area contributed by atoms with Gasteiger partial charge in [-0.25, -0.2) is 0 Å². The standard InChI is InChI=1S/C23H30N4O2/c1-22(2)14-23(15-26-6-8-29-9-7-26)16-27(13-20(22)23)21(28)18-5-3-4-17(10-18)19-11-24-25-12-19/h3-5,10-12,20H,6-9,13-16H2,1-2H3,(H,24,25)/t20-,23+/m1/s1. The number of hydrogen-bond acceptors (Lipinski definition) is 4. The number of fused-ring (bicyclic) bond motifs is 1. The second-order valence-electron chi connectivity index (χ2n) is 9.72. The molecule has 1 aromatic heterocycles. The largest absolute Gasteiger partial charge is 0.379 e. The Morgan fingerprint density at radius 1 is 1.28 bits per heavy atom. The summed E-state index contributed by atoms with van der Waals surface area (Å²) in [7, 11) is 0. The second kappa shape index (κ2) is 6.96. The number of aromatic nitrogens is 2. The number of aromatic amines is 1. The molecule has 2 aliphatic heterocycles. The molecule has 0 radical (unpaired) electrons. The number of morpholine rings is 1. The molecular formula is C23H30N4O2. The van der Waals surface area contributed by atoms with Gasteiger partial charge in [-0.3, -0.25) is 14.8 Å². The first-order chi connectivity index (χ1) is 14.0. The van der Waals surface area contributed by atoms with E-state index < -0.39 is 0 Å². The summed E-state index contributed by atoms with van der Waals surface area (Å²) in [6.45, 7) is 11.2. The summed E-state index contributed by atoms with van der Waals surface area (Å²) in [6, 6.07) is 7.92. The molecule has 1 aromatic carbocycles. The Morgan fingerprint density at radius 2 is 2.10 bits per heavy atom. The normalized spacial score (nSPS) is 28.8. The Kier molecular flexibility index (Phi) is 4.51. The number of likely N-dealkylation sites (tertiary alicyclic amines) is 1. The van der Waals surface area contributed by atoms with Crippen molar-refractivity contribution in [3.63, 3.8) is 0 Å². The van der Waals surface area contributed by atoms with Crippen LogP contribution in [0.5, 0.6) is 0 Å². The molecule has 1 N–H and O–H groups in total. The van der Waals surface area contributed by atoms with Crippen molar-refractivity contribution in [2.75, 3.05) is 45.9 Å². The van der Waals surface area contributed by atoms with E-state index in [1.807, 2.05) is 30.5 Å². The molecule has 3 aliphatic rings. The Balaban J connectivity index is 1.35. The molecule has 6 nitrogen and oxygen atoms in total. The molecule has 0 spiro atoms. The molecule has 1 aliphatic carbocycles. The van der Waals surface area contributed by atoms with Gasteiger partial charge in [0.15, 0.2) is 0 Å². The molecular weight excluding hydrogens is 364 g/mol. The number of rotatable bonds is 4. The maximum Gasteiger partial charge on any atom is 0.253 e. The number of amides is 1. The van der Waals surface area contributed by atoms with Crippen molar-refractivity contribution in [2.24, 2.45) is 16.7 Å². The van der Waals surface area contributed by atoms with Crippen molar-refractivity contribution in [3.8, 4) is 11.1 Å². The maximum absolute atomic E-state index is 13.4. The molecule has 1 saturated carbocycles. The summed E-state index contributed by atoms with van der Waals surface area (Å²) in [5.74, 6) is 0.723. The molecule has 1 amide bonds. The summed E-state index contributed by atoms with van der Waals surface area (Å²) in [6.07, 6.45) is 4.85. The van der Waals surface area contributed by atoms with Crippen molar-refractivity contribution >= 4 is 5.91 Å². The zero-order valence-electron chi connectivity index (χ0n) is 17.4. The zero-order chi connectivity index (χ0) is 20.1. The fourth-order valence-corrected chi connectivity index (χ4v) is 6.12. The molecule has 3 heterocycles. The summed E-state index contributed by atoms with van der Waals surface area (Å²) in [5, 5.41) is 6.87. The van der Waals surface area contributed by atoms with E-state index in [1.165, 1.54) is 6.42 Å². The van der Waals surface area contributed by atoms with E-state index in [0.29, 0.717) is 11.3 Å². The number of hydrogen-bond donors (Lipinski definition) is 1. The number of H-pyrrole nitrogens is 1. The molecule has 2 atom stereocenters. The lowest BCUT2D eigenvalue weighted by Crippen LogP contribution is -2.59. The molecule has 2 aromatic rings. The van der Waals surface area contributed by atoms with Crippen LogP contribution in [0.2, 0.25) is 0 Å². The van der Waals surface area contributed by atoms with Crippen LogP contribution < -0.4 is 0 Å². The van der Waals surface area contributed by atoms with Gasteiger partial charge in [0, 0.05) is 55.5 Å². The van der Waals surface area contributed by atoms with Gasteiger partial charge in [-0.2, -0.15) is 5.10 Å². The van der Waals surface area contributed by atoms with Gasteiger partial charge in [0.05, 0.1) is 19.4 Å². The van der Waals surface area contributed by atoms with Gasteiger partial charge >= 0.3 is 0 Å². The van der Waals surface area contributed by atoms with Crippen LogP contribution in [0.4, 0.5) is 0 Å². The molecule has 3 fully saturated rings. The van der Waals surface area contributed by atoms with Crippen LogP contribution in [0, 0.1) is 16.7 Å². The summed E-state index contributed by atoms with van der Waals surface area (Å²) < 4.78 is 5.53. The minimum Gasteiger partial charge on any atom is -0.379 e. The third-order valence-corrected chi connectivity index (χ3v) is 7.27. The highest BCUT2D eigenvalue weighted by Crippen LogP contribution is 2.63. The van der Waals surface area contributed by atoms with Gasteiger partial charge in [0.1, 0.15) is 0 Å². The average Bonchev–Trinajstić information content (AvgIpc) is 3.35. The van der Waals surface area contributed by atoms with Crippen LogP contribution >= 0.6 is 0 Å². The molecule has 29 heavy (non-hydrogen) atoms. The Morgan fingerprint density at radius 3 is 2.83 bits per heavy atom. The van der Waals surface area contributed by atoms with Crippen LogP contribution in [-0.2, 0) is 4.74 Å². The first-order valence-electron chi connectivity index (χ1n) is 10.7. The van der Waals surface area contributed by atoms with E-state index in [0.717, 1.165) is 62.6 Å². The van der Waals surface area contributed by atoms with Crippen molar-refractivity contribution in [1.29, 1.82) is 0 Å². The van der Waals surface area contributed by atoms with Crippen molar-refractivity contribution in [2.45, 2.75) is 20.3 Å². The average molecular weight is 395 g/mol. The van der Waals surface area contributed by atoms with Crippen LogP contribution in [-0.4, -0.2) is 71.8 Å². The molecule has 5 rings (SSSR count). The Hall–Kier alpha value is -2.18. The fraction of sp³-hybridized carbons (Fsp3) is 0.565. The summed E-state index contributed by atoms with van der Waals surface area (Å²) in [5.41, 5.74) is 3.34. The number of carbonyl (C=O) groups excluding carboxylic acids is 1. The second-order valence-corrected chi connectivity index (χ2v) is 9.72. The van der Waals surface area contributed by atoms with Gasteiger partial charge in [-0.1, -0.05) is 26.0 Å². The molecule has 6 heteroatoms. The molecule has 0 bridgehead atoms. The highest BCUT2D eigenvalue weighted by Gasteiger charge is 2.63. The summed E-state index contributed by atoms with van der Waals surface area (Å²) in [4.78, 5) is 18.0. The minimum absolute atomic E-state index is 0.155. The van der Waals surface area contributed by atoms with E-state index in [4.69, 9.17) is 4.74 Å². The third-order valence-electron chi connectivity index (χ3n) is 7.27. The molecule has 154 valence electrons. The molecule has 0 unspecified atom stereocenters. The van der Waals surface area contributed by atoms with Gasteiger partial charge in [-0.05, 0) is 35.4 Å². The van der Waals surface area contributed by atoms with Gasteiger partial charge in [0.25, 0.3) is 5.91 Å². The third kappa shape index (κ3) is 3.28. The predicted octanol–water partition coefficient (Wildman–Crippen LogP) is 2.90. The number of nitrogens with zero attached hydrogens (tertiary/aromatic N) is 3. The lowest BCUT2D eigenvalue weighted by molar-refractivity contribution is -0.0966. The fourth-order valence-electron chi connectivity index (χ4n) is 6.12. The van der Waals surface area contributed by atoms with Crippen LogP contribution in [0.1, 0.15) is 30.6 Å². The zero-order valence-corrected chi connectivity index (χ0v) is 17.4. The first-order valence-corrected chi connectivity index (χ1v) is 10.7. The van der Waals surface area contributed by atoms with Crippen LogP contribution in [0.15, 0.2) is 36.7 Å². The Bertz CT molecular complexity index is 888. The summed E-state index contributed by atoms with van der Waals surface area (Å²) >= 11 is 0. The highest BCUT2D eigenvalue weighted by molar-refractivity contribution is 5.95. The van der Waals surface area contributed by atoms with Crippen LogP contribution in [0.25, 0.3) is 11.1 Å². The first kappa shape index (κ1) is 18.8. The molecule has 2 saturated heterocycles. The quantitative estimate of drug-likeness (QED) is 0.866. The number of nitrogens with one attached hydrogen (secondary N) is 1. The van der Waals surface area contributed by atoms with Gasteiger partial charge in [-0.15, -0.1) is 0 Å². The van der Waals surface area contributed by atoms with E-state index in [1.54, 1.807) is 6.20 Å². The number of carbonyl (C=O) groups is 1. The van der Waals surface area contributed by atoms with Crippen molar-refractivity contribution in [1.82, 2.24) is 20.0 Å². The minimum atomic E-state index is 0.155. The highest BCUT2D eigenvalue weighted by atomic mass is 16.5. The van der Waals surface area contributed by atoms with Gasteiger partial charge in [0.2, 0.25) is 0 Å². The van der Waals surface area contributed by atoms with Crippen molar-refractivity contribution < 1.29 is 9.53 Å². The van der Waals surface area contributed by atoms with E-state index in [2.05, 4.69) is 33.8 Å². The number of benzene rings is 1. The number of ether oxygens (including phenoxy) is 1. The maximum atomic E-state index is 13.4. The topological polar surface area (TPSA) is 61.5 Å². The van der Waals surface area contributed by atoms with Gasteiger partial charge < -0.3 is 9.64 Å². The van der Waals surface area contributed by atoms with E-state index in [9.17, 15) is 4.79 Å². The van der Waals surface area contributed by atoms with E-state index >= 15 is 0 Å². The predicted molar refractivity (Wildman–Crippen MR) is 112 cm³/mol. The lowest BCUT2D eigenvalue weighted by Gasteiger charge is -2.58. The SMILES string of the molecule is CC1(C)C[C@]2(CN3CCOCC3)CN(C(=O)c3cccc(-c4cn[nH]c4)c3)C[C@H]12.